The van der Waals surface area contributed by atoms with Gasteiger partial charge >= 0.3 is 0 Å². The summed E-state index contributed by atoms with van der Waals surface area (Å²) in [4.78, 5) is 2.41. The smallest absolute Gasteiger partial charge is 0.0393 e. The zero-order valence-electron chi connectivity index (χ0n) is 10.2. The number of nitrogens with zero attached hydrogens (tertiary/aromatic N) is 1. The average molecular weight is 282 g/mol. The molecular weight excluding hydrogens is 262 g/mol. The van der Waals surface area contributed by atoms with Crippen LogP contribution in [0.5, 0.6) is 0 Å². The summed E-state index contributed by atoms with van der Waals surface area (Å²) >= 11 is 3.50. The maximum Gasteiger partial charge on any atom is 0.0393 e. The Morgan fingerprint density at radius 3 is 2.62 bits per heavy atom. The number of hydrogen-bond acceptors (Lipinski definition) is 1. The minimum Gasteiger partial charge on any atom is -0.374 e. The Hall–Kier alpha value is -0.500. The predicted octanol–water partition coefficient (Wildman–Crippen LogP) is 4.13. The van der Waals surface area contributed by atoms with Crippen LogP contribution in [0.3, 0.4) is 0 Å². The summed E-state index contributed by atoms with van der Waals surface area (Å²) in [6, 6.07) is 6.75. The van der Waals surface area contributed by atoms with Gasteiger partial charge in [-0.25, -0.2) is 0 Å². The van der Waals surface area contributed by atoms with E-state index in [1.54, 1.807) is 0 Å². The van der Waals surface area contributed by atoms with Crippen molar-refractivity contribution in [1.29, 1.82) is 0 Å². The van der Waals surface area contributed by atoms with Crippen LogP contribution in [-0.2, 0) is 5.33 Å². The molecule has 2 heteroatoms. The van der Waals surface area contributed by atoms with E-state index in [1.807, 2.05) is 0 Å². The molecule has 16 heavy (non-hydrogen) atoms. The van der Waals surface area contributed by atoms with E-state index in [9.17, 15) is 0 Å². The number of halogens is 1. The molecular formula is C14H20BrN. The summed E-state index contributed by atoms with van der Waals surface area (Å²) < 4.78 is 0. The fourth-order valence-electron chi connectivity index (χ4n) is 2.39. The van der Waals surface area contributed by atoms with Crippen LogP contribution in [0.25, 0.3) is 0 Å². The third-order valence-corrected chi connectivity index (χ3v) is 4.23. The second kappa shape index (κ2) is 5.22. The standard InChI is InChI=1S/C14H20BrN/c1-11-8-13(9-15)6-7-14(11)16(2)10-12-4-3-5-12/h6-8,12H,3-5,9-10H2,1-2H3. The molecule has 1 aliphatic carbocycles. The Labute approximate surface area is 107 Å². The van der Waals surface area contributed by atoms with Crippen molar-refractivity contribution in [3.63, 3.8) is 0 Å². The molecule has 0 amide bonds. The molecule has 1 nitrogen and oxygen atoms in total. The zero-order valence-corrected chi connectivity index (χ0v) is 11.8. The third kappa shape index (κ3) is 2.60. The molecule has 0 N–H and O–H groups in total. The summed E-state index contributed by atoms with van der Waals surface area (Å²) in [5.74, 6) is 0.931. The maximum absolute atomic E-state index is 3.50. The Kier molecular flexibility index (Phi) is 3.91. The first kappa shape index (κ1) is 12.0. The van der Waals surface area contributed by atoms with E-state index >= 15 is 0 Å². The molecule has 1 fully saturated rings. The van der Waals surface area contributed by atoms with Gasteiger partial charge < -0.3 is 4.90 Å². The van der Waals surface area contributed by atoms with Gasteiger partial charge in [-0.15, -0.1) is 0 Å². The van der Waals surface area contributed by atoms with Gasteiger partial charge in [-0.05, 0) is 42.9 Å². The van der Waals surface area contributed by atoms with Crippen molar-refractivity contribution in [1.82, 2.24) is 0 Å². The van der Waals surface area contributed by atoms with Crippen molar-refractivity contribution < 1.29 is 0 Å². The molecule has 0 aromatic heterocycles. The molecule has 0 unspecified atom stereocenters. The third-order valence-electron chi connectivity index (χ3n) is 3.58. The molecule has 0 heterocycles. The van der Waals surface area contributed by atoms with E-state index in [-0.39, 0.29) is 0 Å². The van der Waals surface area contributed by atoms with Crippen LogP contribution in [0.1, 0.15) is 30.4 Å². The van der Waals surface area contributed by atoms with Crippen LogP contribution in [-0.4, -0.2) is 13.6 Å². The summed E-state index contributed by atoms with van der Waals surface area (Å²) in [6.07, 6.45) is 4.27. The Morgan fingerprint density at radius 2 is 2.12 bits per heavy atom. The van der Waals surface area contributed by atoms with Gasteiger partial charge in [0.1, 0.15) is 0 Å². The Morgan fingerprint density at radius 1 is 1.38 bits per heavy atom. The molecule has 2 rings (SSSR count). The fourth-order valence-corrected chi connectivity index (χ4v) is 2.74. The molecule has 0 saturated heterocycles. The highest BCUT2D eigenvalue weighted by molar-refractivity contribution is 9.08. The highest BCUT2D eigenvalue weighted by Gasteiger charge is 2.19. The van der Waals surface area contributed by atoms with Crippen molar-refractivity contribution in [2.75, 3.05) is 18.5 Å². The largest absolute Gasteiger partial charge is 0.374 e. The van der Waals surface area contributed by atoms with E-state index in [0.717, 1.165) is 11.2 Å². The van der Waals surface area contributed by atoms with Crippen LogP contribution in [0.15, 0.2) is 18.2 Å². The van der Waals surface area contributed by atoms with Crippen LogP contribution in [0.4, 0.5) is 5.69 Å². The van der Waals surface area contributed by atoms with E-state index in [0.29, 0.717) is 0 Å². The number of anilines is 1. The summed E-state index contributed by atoms with van der Waals surface area (Å²) in [7, 11) is 2.22. The van der Waals surface area contributed by atoms with Crippen LogP contribution in [0, 0.1) is 12.8 Å². The van der Waals surface area contributed by atoms with Crippen molar-refractivity contribution >= 4 is 21.6 Å². The monoisotopic (exact) mass is 281 g/mol. The second-order valence-electron chi connectivity index (χ2n) is 4.93. The first-order valence-corrected chi connectivity index (χ1v) is 7.19. The molecule has 1 aliphatic rings. The topological polar surface area (TPSA) is 3.24 Å². The van der Waals surface area contributed by atoms with Gasteiger partial charge in [0, 0.05) is 24.6 Å². The molecule has 0 aliphatic heterocycles. The van der Waals surface area contributed by atoms with Gasteiger partial charge in [0.25, 0.3) is 0 Å². The lowest BCUT2D eigenvalue weighted by molar-refractivity contribution is 0.321. The lowest BCUT2D eigenvalue weighted by Crippen LogP contribution is -2.29. The van der Waals surface area contributed by atoms with Crippen molar-refractivity contribution in [2.24, 2.45) is 5.92 Å². The van der Waals surface area contributed by atoms with E-state index in [4.69, 9.17) is 0 Å². The zero-order chi connectivity index (χ0) is 11.5. The van der Waals surface area contributed by atoms with Gasteiger partial charge in [0.15, 0.2) is 0 Å². The SMILES string of the molecule is Cc1cc(CBr)ccc1N(C)CC1CCC1. The first-order chi connectivity index (χ1) is 7.70. The molecule has 0 spiro atoms. The minimum atomic E-state index is 0.931. The number of rotatable bonds is 4. The maximum atomic E-state index is 3.50. The van der Waals surface area contributed by atoms with Crippen molar-refractivity contribution in [2.45, 2.75) is 31.5 Å². The number of alkyl halides is 1. The Balaban J connectivity index is 2.06. The minimum absolute atomic E-state index is 0.931. The quantitative estimate of drug-likeness (QED) is 0.751. The molecule has 0 bridgehead atoms. The number of benzene rings is 1. The summed E-state index contributed by atoms with van der Waals surface area (Å²) in [5, 5.41) is 0.945. The van der Waals surface area contributed by atoms with Crippen molar-refractivity contribution in [3.05, 3.63) is 29.3 Å². The molecule has 0 atom stereocenters. The molecule has 88 valence electrons. The van der Waals surface area contributed by atoms with Crippen molar-refractivity contribution in [3.8, 4) is 0 Å². The summed E-state index contributed by atoms with van der Waals surface area (Å²) in [6.45, 7) is 3.42. The summed E-state index contributed by atoms with van der Waals surface area (Å²) in [5.41, 5.74) is 4.13. The average Bonchev–Trinajstić information content (AvgIpc) is 2.23. The Bertz CT molecular complexity index is 358. The van der Waals surface area contributed by atoms with Gasteiger partial charge in [0.2, 0.25) is 0 Å². The second-order valence-corrected chi connectivity index (χ2v) is 5.49. The molecule has 1 aromatic rings. The van der Waals surface area contributed by atoms with Gasteiger partial charge in [0.05, 0.1) is 0 Å². The van der Waals surface area contributed by atoms with E-state index in [2.05, 4.69) is 53.0 Å². The number of aryl methyl sites for hydroxylation is 1. The van der Waals surface area contributed by atoms with Gasteiger partial charge in [-0.3, -0.25) is 0 Å². The molecule has 1 saturated carbocycles. The van der Waals surface area contributed by atoms with Crippen LogP contribution in [0.2, 0.25) is 0 Å². The first-order valence-electron chi connectivity index (χ1n) is 6.07. The fraction of sp³-hybridized carbons (Fsp3) is 0.571. The number of hydrogen-bond donors (Lipinski definition) is 0. The van der Waals surface area contributed by atoms with Crippen LogP contribution < -0.4 is 4.90 Å². The predicted molar refractivity (Wildman–Crippen MR) is 74.4 cm³/mol. The highest BCUT2D eigenvalue weighted by atomic mass is 79.9. The lowest BCUT2D eigenvalue weighted by Gasteiger charge is -2.32. The normalized spacial score (nSPS) is 15.9. The molecule has 1 aromatic carbocycles. The lowest BCUT2D eigenvalue weighted by atomic mass is 9.85. The highest BCUT2D eigenvalue weighted by Crippen LogP contribution is 2.29. The van der Waals surface area contributed by atoms with E-state index < -0.39 is 0 Å². The molecule has 0 radical (unpaired) electrons. The van der Waals surface area contributed by atoms with Gasteiger partial charge in [-0.1, -0.05) is 34.5 Å². The van der Waals surface area contributed by atoms with Crippen LogP contribution >= 0.6 is 15.9 Å². The van der Waals surface area contributed by atoms with Gasteiger partial charge in [-0.2, -0.15) is 0 Å². The van der Waals surface area contributed by atoms with E-state index in [1.165, 1.54) is 42.6 Å².